The number of nitrogens with two attached hydrogens (primary N) is 1. The molecule has 0 saturated heterocycles. The van der Waals surface area contributed by atoms with Crippen molar-refractivity contribution >= 4 is 11.7 Å². The molecule has 1 aromatic heterocycles. The largest absolute Gasteiger partial charge is 0.464 e. The highest BCUT2D eigenvalue weighted by Crippen LogP contribution is 2.08. The van der Waals surface area contributed by atoms with Crippen molar-refractivity contribution in [1.82, 2.24) is 9.78 Å². The summed E-state index contributed by atoms with van der Waals surface area (Å²) in [6.07, 6.45) is 3.45. The van der Waals surface area contributed by atoms with Gasteiger partial charge in [0.05, 0.1) is 24.2 Å². The summed E-state index contributed by atoms with van der Waals surface area (Å²) >= 11 is 0. The minimum absolute atomic E-state index is 0.132. The molecule has 0 radical (unpaired) electrons. The van der Waals surface area contributed by atoms with Crippen LogP contribution in [0.4, 0.5) is 5.69 Å². The molecule has 0 bridgehead atoms. The zero-order valence-corrected chi connectivity index (χ0v) is 9.19. The van der Waals surface area contributed by atoms with Crippen molar-refractivity contribution in [2.75, 3.05) is 12.3 Å². The maximum absolute atomic E-state index is 11.3. The Labute approximate surface area is 89.2 Å². The van der Waals surface area contributed by atoms with Gasteiger partial charge in [0.25, 0.3) is 0 Å². The zero-order valence-electron chi connectivity index (χ0n) is 9.19. The quantitative estimate of drug-likeness (QED) is 0.585. The van der Waals surface area contributed by atoms with Gasteiger partial charge in [0.15, 0.2) is 0 Å². The van der Waals surface area contributed by atoms with Crippen LogP contribution in [0.1, 0.15) is 25.5 Å². The van der Waals surface area contributed by atoms with Crippen LogP contribution in [0.15, 0.2) is 6.20 Å². The maximum Gasteiger partial charge on any atom is 0.327 e. The number of carbonyl (C=O) groups is 1. The van der Waals surface area contributed by atoms with Crippen LogP contribution in [0.25, 0.3) is 0 Å². The Morgan fingerprint density at radius 3 is 2.93 bits per heavy atom. The van der Waals surface area contributed by atoms with Crippen LogP contribution in [0.3, 0.4) is 0 Å². The monoisotopic (exact) mass is 211 g/mol. The fraction of sp³-hybridized carbons (Fsp3) is 0.600. The van der Waals surface area contributed by atoms with Crippen LogP contribution in [0.5, 0.6) is 0 Å². The van der Waals surface area contributed by atoms with Crippen molar-refractivity contribution in [1.29, 1.82) is 0 Å². The molecule has 1 heterocycles. The summed E-state index contributed by atoms with van der Waals surface area (Å²) in [5.74, 6) is -0.269. The summed E-state index contributed by atoms with van der Waals surface area (Å²) in [7, 11) is 0. The van der Waals surface area contributed by atoms with E-state index in [1.807, 2.05) is 13.8 Å². The second-order valence-corrected chi connectivity index (χ2v) is 3.42. The first-order chi connectivity index (χ1) is 7.15. The average Bonchev–Trinajstić information content (AvgIpc) is 2.50. The van der Waals surface area contributed by atoms with Gasteiger partial charge in [-0.1, -0.05) is 13.3 Å². The molecule has 0 aliphatic rings. The number of nitrogens with zero attached hydrogens (tertiary/aromatic N) is 2. The van der Waals surface area contributed by atoms with Gasteiger partial charge in [0, 0.05) is 0 Å². The van der Waals surface area contributed by atoms with Crippen LogP contribution in [-0.2, 0) is 16.1 Å². The van der Waals surface area contributed by atoms with E-state index in [0.717, 1.165) is 18.5 Å². The van der Waals surface area contributed by atoms with Gasteiger partial charge in [-0.05, 0) is 13.3 Å². The molecular formula is C10H17N3O2. The first-order valence-electron chi connectivity index (χ1n) is 5.08. The molecule has 0 aromatic carbocycles. The number of anilines is 1. The van der Waals surface area contributed by atoms with Crippen molar-refractivity contribution in [3.63, 3.8) is 0 Å². The third-order valence-electron chi connectivity index (χ3n) is 2.18. The molecule has 0 atom stereocenters. The molecule has 0 fully saturated rings. The number of aromatic nitrogens is 2. The third-order valence-corrected chi connectivity index (χ3v) is 2.18. The number of ether oxygens (including phenoxy) is 1. The van der Waals surface area contributed by atoms with Gasteiger partial charge >= 0.3 is 5.97 Å². The highest BCUT2D eigenvalue weighted by molar-refractivity contribution is 5.69. The molecular weight excluding hydrogens is 194 g/mol. The second-order valence-electron chi connectivity index (χ2n) is 3.42. The predicted octanol–water partition coefficient (Wildman–Crippen LogP) is 1.12. The van der Waals surface area contributed by atoms with Crippen LogP contribution >= 0.6 is 0 Å². The van der Waals surface area contributed by atoms with E-state index in [0.29, 0.717) is 12.3 Å². The molecule has 1 rings (SSSR count). The Morgan fingerprint density at radius 2 is 2.40 bits per heavy atom. The van der Waals surface area contributed by atoms with E-state index in [-0.39, 0.29) is 12.5 Å². The lowest BCUT2D eigenvalue weighted by atomic mass is 10.4. The van der Waals surface area contributed by atoms with E-state index in [2.05, 4.69) is 5.10 Å². The van der Waals surface area contributed by atoms with E-state index in [4.69, 9.17) is 10.5 Å². The molecule has 0 spiro atoms. The Balaban J connectivity index is 2.41. The van der Waals surface area contributed by atoms with Crippen molar-refractivity contribution in [3.8, 4) is 0 Å². The van der Waals surface area contributed by atoms with Crippen molar-refractivity contribution < 1.29 is 9.53 Å². The summed E-state index contributed by atoms with van der Waals surface area (Å²) < 4.78 is 6.56. The number of hydrogen-bond acceptors (Lipinski definition) is 4. The minimum atomic E-state index is -0.269. The van der Waals surface area contributed by atoms with E-state index in [1.54, 1.807) is 4.68 Å². The second kappa shape index (κ2) is 5.38. The van der Waals surface area contributed by atoms with Gasteiger partial charge in [0.1, 0.15) is 6.54 Å². The number of hydrogen-bond donors (Lipinski definition) is 1. The van der Waals surface area contributed by atoms with Crippen LogP contribution < -0.4 is 5.73 Å². The van der Waals surface area contributed by atoms with Crippen molar-refractivity contribution in [2.24, 2.45) is 0 Å². The number of esters is 1. The van der Waals surface area contributed by atoms with Crippen molar-refractivity contribution in [3.05, 3.63) is 11.9 Å². The topological polar surface area (TPSA) is 70.1 Å². The fourth-order valence-electron chi connectivity index (χ4n) is 1.12. The summed E-state index contributed by atoms with van der Waals surface area (Å²) in [5, 5.41) is 3.97. The smallest absolute Gasteiger partial charge is 0.327 e. The van der Waals surface area contributed by atoms with E-state index in [9.17, 15) is 4.79 Å². The molecule has 0 aliphatic heterocycles. The Morgan fingerprint density at radius 1 is 1.67 bits per heavy atom. The Bertz CT molecular complexity index is 333. The Kier molecular flexibility index (Phi) is 4.15. The molecule has 0 amide bonds. The molecule has 5 nitrogen and oxygen atoms in total. The SMILES string of the molecule is CCCCOC(=O)Cn1ncc(N)c1C. The molecule has 84 valence electrons. The summed E-state index contributed by atoms with van der Waals surface area (Å²) in [6, 6.07) is 0. The summed E-state index contributed by atoms with van der Waals surface area (Å²) in [5.41, 5.74) is 6.99. The lowest BCUT2D eigenvalue weighted by Gasteiger charge is -2.05. The van der Waals surface area contributed by atoms with Gasteiger partial charge in [-0.2, -0.15) is 5.10 Å². The molecule has 0 saturated carbocycles. The van der Waals surface area contributed by atoms with Gasteiger partial charge in [0.2, 0.25) is 0 Å². The standard InChI is InChI=1S/C10H17N3O2/c1-3-4-5-15-10(14)7-13-8(2)9(11)6-12-13/h6H,3-5,7,11H2,1-2H3. The summed E-state index contributed by atoms with van der Waals surface area (Å²) in [4.78, 5) is 11.3. The first-order valence-corrected chi connectivity index (χ1v) is 5.08. The van der Waals surface area contributed by atoms with Crippen LogP contribution in [0.2, 0.25) is 0 Å². The average molecular weight is 211 g/mol. The lowest BCUT2D eigenvalue weighted by Crippen LogP contribution is -2.16. The van der Waals surface area contributed by atoms with Gasteiger partial charge < -0.3 is 10.5 Å². The molecule has 15 heavy (non-hydrogen) atoms. The molecule has 2 N–H and O–H groups in total. The molecule has 0 aliphatic carbocycles. The fourth-order valence-corrected chi connectivity index (χ4v) is 1.12. The van der Waals surface area contributed by atoms with E-state index in [1.165, 1.54) is 6.20 Å². The molecule has 1 aromatic rings. The highest BCUT2D eigenvalue weighted by Gasteiger charge is 2.08. The number of nitrogen functional groups attached to an aromatic ring is 1. The normalized spacial score (nSPS) is 10.3. The predicted molar refractivity (Wildman–Crippen MR) is 57.2 cm³/mol. The Hall–Kier alpha value is -1.52. The first kappa shape index (κ1) is 11.6. The van der Waals surface area contributed by atoms with E-state index < -0.39 is 0 Å². The zero-order chi connectivity index (χ0) is 11.3. The lowest BCUT2D eigenvalue weighted by molar-refractivity contribution is -0.144. The summed E-state index contributed by atoms with van der Waals surface area (Å²) in [6.45, 7) is 4.48. The van der Waals surface area contributed by atoms with Gasteiger partial charge in [-0.15, -0.1) is 0 Å². The molecule has 0 unspecified atom stereocenters. The van der Waals surface area contributed by atoms with Crippen LogP contribution in [0, 0.1) is 6.92 Å². The van der Waals surface area contributed by atoms with Gasteiger partial charge in [-0.3, -0.25) is 9.48 Å². The third kappa shape index (κ3) is 3.27. The molecule has 5 heteroatoms. The minimum Gasteiger partial charge on any atom is -0.464 e. The number of unbranched alkanes of at least 4 members (excludes halogenated alkanes) is 1. The number of carbonyl (C=O) groups excluding carboxylic acids is 1. The highest BCUT2D eigenvalue weighted by atomic mass is 16.5. The van der Waals surface area contributed by atoms with Gasteiger partial charge in [-0.25, -0.2) is 0 Å². The van der Waals surface area contributed by atoms with E-state index >= 15 is 0 Å². The van der Waals surface area contributed by atoms with Crippen molar-refractivity contribution in [2.45, 2.75) is 33.2 Å². The van der Waals surface area contributed by atoms with Crippen LogP contribution in [-0.4, -0.2) is 22.4 Å². The maximum atomic E-state index is 11.3. The number of rotatable bonds is 5.